The van der Waals surface area contributed by atoms with Crippen LogP contribution in [0.15, 0.2) is 24.3 Å². The van der Waals surface area contributed by atoms with Gasteiger partial charge in [-0.1, -0.05) is 31.3 Å². The van der Waals surface area contributed by atoms with Crippen LogP contribution in [0.3, 0.4) is 0 Å². The van der Waals surface area contributed by atoms with E-state index in [4.69, 9.17) is 0 Å². The smallest absolute Gasteiger partial charge is 0.257 e. The van der Waals surface area contributed by atoms with E-state index in [9.17, 15) is 4.79 Å². The number of nitrogens with one attached hydrogen (secondary N) is 1. The highest BCUT2D eigenvalue weighted by Gasteiger charge is 2.15. The first-order valence-electron chi connectivity index (χ1n) is 7.47. The van der Waals surface area contributed by atoms with Crippen molar-refractivity contribution in [3.05, 3.63) is 34.8 Å². The van der Waals surface area contributed by atoms with E-state index in [0.29, 0.717) is 16.6 Å². The molecule has 0 aliphatic heterocycles. The van der Waals surface area contributed by atoms with Crippen molar-refractivity contribution in [1.29, 1.82) is 0 Å². The first-order valence-corrected chi connectivity index (χ1v) is 8.28. The minimum Gasteiger partial charge on any atom is -0.378 e. The number of aromatic nitrogens is 2. The van der Waals surface area contributed by atoms with E-state index in [1.54, 1.807) is 6.07 Å². The Morgan fingerprint density at radius 3 is 2.64 bits per heavy atom. The van der Waals surface area contributed by atoms with Crippen LogP contribution in [0.4, 0.5) is 10.8 Å². The summed E-state index contributed by atoms with van der Waals surface area (Å²) in [6, 6.07) is 7.50. The van der Waals surface area contributed by atoms with Crippen molar-refractivity contribution in [2.45, 2.75) is 32.6 Å². The molecule has 0 saturated heterocycles. The molecule has 118 valence electrons. The van der Waals surface area contributed by atoms with Crippen LogP contribution in [-0.4, -0.2) is 30.2 Å². The molecule has 6 heteroatoms. The lowest BCUT2D eigenvalue weighted by atomic mass is 10.1. The molecule has 2 rings (SSSR count). The normalized spacial score (nSPS) is 10.8. The highest BCUT2D eigenvalue weighted by molar-refractivity contribution is 7.15. The van der Waals surface area contributed by atoms with Gasteiger partial charge in [0.1, 0.15) is 5.01 Å². The minimum absolute atomic E-state index is 0.157. The molecule has 1 aromatic carbocycles. The van der Waals surface area contributed by atoms with Gasteiger partial charge in [-0.25, -0.2) is 0 Å². The Hall–Kier alpha value is -1.95. The molecule has 1 amide bonds. The average molecular weight is 318 g/mol. The SMILES string of the molecule is CCC(CC)c1nnc(NC(=O)c2cccc(N(C)C)c2)s1. The molecule has 0 fully saturated rings. The fourth-order valence-electron chi connectivity index (χ4n) is 2.18. The molecular weight excluding hydrogens is 296 g/mol. The monoisotopic (exact) mass is 318 g/mol. The summed E-state index contributed by atoms with van der Waals surface area (Å²) >= 11 is 1.46. The molecule has 0 aliphatic carbocycles. The fourth-order valence-corrected chi connectivity index (χ4v) is 3.19. The lowest BCUT2D eigenvalue weighted by Gasteiger charge is -2.13. The van der Waals surface area contributed by atoms with Crippen molar-refractivity contribution in [2.75, 3.05) is 24.3 Å². The molecule has 22 heavy (non-hydrogen) atoms. The van der Waals surface area contributed by atoms with E-state index < -0.39 is 0 Å². The zero-order valence-corrected chi connectivity index (χ0v) is 14.3. The van der Waals surface area contributed by atoms with E-state index in [-0.39, 0.29) is 5.91 Å². The van der Waals surface area contributed by atoms with Crippen molar-refractivity contribution in [3.8, 4) is 0 Å². The van der Waals surface area contributed by atoms with Crippen LogP contribution in [-0.2, 0) is 0 Å². The number of carbonyl (C=O) groups is 1. The molecule has 0 spiro atoms. The van der Waals surface area contributed by atoms with Gasteiger partial charge in [-0.2, -0.15) is 0 Å². The second kappa shape index (κ2) is 7.35. The van der Waals surface area contributed by atoms with E-state index >= 15 is 0 Å². The first-order chi connectivity index (χ1) is 10.5. The van der Waals surface area contributed by atoms with Gasteiger partial charge < -0.3 is 4.90 Å². The van der Waals surface area contributed by atoms with E-state index in [1.807, 2.05) is 37.2 Å². The summed E-state index contributed by atoms with van der Waals surface area (Å²) in [5.41, 5.74) is 1.60. The summed E-state index contributed by atoms with van der Waals surface area (Å²) < 4.78 is 0. The standard InChI is InChI=1S/C16H22N4OS/c1-5-11(6-2)15-18-19-16(22-15)17-14(21)12-8-7-9-13(10-12)20(3)4/h7-11H,5-6H2,1-4H3,(H,17,19,21). The second-order valence-corrected chi connectivity index (χ2v) is 6.37. The van der Waals surface area contributed by atoms with Gasteiger partial charge in [0.25, 0.3) is 5.91 Å². The average Bonchev–Trinajstić information content (AvgIpc) is 2.97. The predicted octanol–water partition coefficient (Wildman–Crippen LogP) is 3.76. The molecule has 0 aliphatic rings. The van der Waals surface area contributed by atoms with Crippen molar-refractivity contribution in [3.63, 3.8) is 0 Å². The Balaban J connectivity index is 2.10. The molecular formula is C16H22N4OS. The molecule has 5 nitrogen and oxygen atoms in total. The Labute approximate surface area is 135 Å². The molecule has 1 heterocycles. The van der Waals surface area contributed by atoms with Gasteiger partial charge in [0.05, 0.1) is 0 Å². The van der Waals surface area contributed by atoms with Crippen LogP contribution >= 0.6 is 11.3 Å². The first kappa shape index (κ1) is 16.4. The van der Waals surface area contributed by atoms with Crippen LogP contribution in [0.2, 0.25) is 0 Å². The Morgan fingerprint density at radius 1 is 1.27 bits per heavy atom. The third kappa shape index (κ3) is 3.82. The molecule has 0 atom stereocenters. The maximum atomic E-state index is 12.3. The summed E-state index contributed by atoms with van der Waals surface area (Å²) in [5.74, 6) is 0.260. The van der Waals surface area contributed by atoms with E-state index in [0.717, 1.165) is 23.5 Å². The zero-order chi connectivity index (χ0) is 16.1. The van der Waals surface area contributed by atoms with E-state index in [1.165, 1.54) is 11.3 Å². The second-order valence-electron chi connectivity index (χ2n) is 5.36. The van der Waals surface area contributed by atoms with Crippen LogP contribution in [0, 0.1) is 0 Å². The Morgan fingerprint density at radius 2 is 2.00 bits per heavy atom. The molecule has 1 N–H and O–H groups in total. The van der Waals surface area contributed by atoms with Crippen LogP contribution in [0.1, 0.15) is 48.0 Å². The van der Waals surface area contributed by atoms with Gasteiger partial charge in [-0.3, -0.25) is 10.1 Å². The number of hydrogen-bond donors (Lipinski definition) is 1. The lowest BCUT2D eigenvalue weighted by Crippen LogP contribution is -2.14. The van der Waals surface area contributed by atoms with Crippen LogP contribution in [0.5, 0.6) is 0 Å². The maximum absolute atomic E-state index is 12.3. The van der Waals surface area contributed by atoms with Crippen LogP contribution in [0.25, 0.3) is 0 Å². The number of amides is 1. The molecule has 0 unspecified atom stereocenters. The van der Waals surface area contributed by atoms with Gasteiger partial charge in [-0.15, -0.1) is 10.2 Å². The van der Waals surface area contributed by atoms with Crippen molar-refractivity contribution >= 4 is 28.1 Å². The largest absolute Gasteiger partial charge is 0.378 e. The number of carbonyl (C=O) groups excluding carboxylic acids is 1. The number of benzene rings is 1. The molecule has 0 bridgehead atoms. The molecule has 1 aromatic heterocycles. The van der Waals surface area contributed by atoms with Gasteiger partial charge >= 0.3 is 0 Å². The third-order valence-electron chi connectivity index (χ3n) is 3.62. The topological polar surface area (TPSA) is 58.1 Å². The summed E-state index contributed by atoms with van der Waals surface area (Å²) in [7, 11) is 3.90. The number of anilines is 2. The number of rotatable bonds is 6. The maximum Gasteiger partial charge on any atom is 0.257 e. The van der Waals surface area contributed by atoms with Gasteiger partial charge in [-0.05, 0) is 31.0 Å². The zero-order valence-electron chi connectivity index (χ0n) is 13.5. The highest BCUT2D eigenvalue weighted by Crippen LogP contribution is 2.28. The highest BCUT2D eigenvalue weighted by atomic mass is 32.1. The van der Waals surface area contributed by atoms with Crippen molar-refractivity contribution < 1.29 is 4.79 Å². The lowest BCUT2D eigenvalue weighted by molar-refractivity contribution is 0.102. The Bertz CT molecular complexity index is 635. The number of nitrogens with zero attached hydrogens (tertiary/aromatic N) is 3. The minimum atomic E-state index is -0.157. The molecule has 0 saturated carbocycles. The summed E-state index contributed by atoms with van der Waals surface area (Å²) in [4.78, 5) is 14.3. The third-order valence-corrected chi connectivity index (χ3v) is 4.62. The van der Waals surface area contributed by atoms with Crippen LogP contribution < -0.4 is 10.2 Å². The summed E-state index contributed by atoms with van der Waals surface area (Å²) in [6.07, 6.45) is 2.06. The van der Waals surface area contributed by atoms with Gasteiger partial charge in [0.2, 0.25) is 5.13 Å². The van der Waals surface area contributed by atoms with Crippen molar-refractivity contribution in [1.82, 2.24) is 10.2 Å². The molecule has 0 radical (unpaired) electrons. The fraction of sp³-hybridized carbons (Fsp3) is 0.438. The van der Waals surface area contributed by atoms with Crippen molar-refractivity contribution in [2.24, 2.45) is 0 Å². The number of hydrogen-bond acceptors (Lipinski definition) is 5. The predicted molar refractivity (Wildman–Crippen MR) is 92.0 cm³/mol. The Kier molecular flexibility index (Phi) is 5.49. The quantitative estimate of drug-likeness (QED) is 0.881. The van der Waals surface area contributed by atoms with Gasteiger partial charge in [0, 0.05) is 31.3 Å². The summed E-state index contributed by atoms with van der Waals surface area (Å²) in [5, 5.41) is 12.7. The van der Waals surface area contributed by atoms with E-state index in [2.05, 4.69) is 29.4 Å². The van der Waals surface area contributed by atoms with Gasteiger partial charge in [0.15, 0.2) is 0 Å². The molecule has 2 aromatic rings. The summed E-state index contributed by atoms with van der Waals surface area (Å²) in [6.45, 7) is 4.28.